The number of amides is 1. The van der Waals surface area contributed by atoms with Crippen molar-refractivity contribution in [2.75, 3.05) is 20.2 Å². The van der Waals surface area contributed by atoms with Crippen LogP contribution < -0.4 is 5.32 Å². The van der Waals surface area contributed by atoms with E-state index < -0.39 is 12.0 Å². The lowest BCUT2D eigenvalue weighted by molar-refractivity contribution is -0.143. The average Bonchev–Trinajstić information content (AvgIpc) is 2.71. The van der Waals surface area contributed by atoms with Gasteiger partial charge in [0.05, 0.1) is 19.3 Å². The fourth-order valence-corrected chi connectivity index (χ4v) is 3.69. The van der Waals surface area contributed by atoms with Gasteiger partial charge in [0.2, 0.25) is 0 Å². The summed E-state index contributed by atoms with van der Waals surface area (Å²) < 4.78 is 10.6. The molecule has 3 unspecified atom stereocenters. The third kappa shape index (κ3) is 5.65. The summed E-state index contributed by atoms with van der Waals surface area (Å²) >= 11 is 0. The Labute approximate surface area is 171 Å². The van der Waals surface area contributed by atoms with Crippen LogP contribution in [0.4, 0.5) is 0 Å². The van der Waals surface area contributed by atoms with Crippen molar-refractivity contribution < 1.29 is 19.1 Å². The van der Waals surface area contributed by atoms with Gasteiger partial charge in [-0.3, -0.25) is 9.69 Å². The molecule has 1 N–H and O–H groups in total. The number of carbonyl (C=O) groups is 2. The fourth-order valence-electron chi connectivity index (χ4n) is 3.69. The lowest BCUT2D eigenvalue weighted by Gasteiger charge is -2.35. The highest BCUT2D eigenvalue weighted by atomic mass is 16.5. The minimum atomic E-state index is -0.843. The van der Waals surface area contributed by atoms with Gasteiger partial charge in [0, 0.05) is 25.2 Å². The Balaban J connectivity index is 1.65. The number of nitrogens with one attached hydrogen (secondary N) is 1. The summed E-state index contributed by atoms with van der Waals surface area (Å²) in [6.07, 6.45) is 0.439. The Morgan fingerprint density at radius 3 is 2.28 bits per heavy atom. The average molecular weight is 396 g/mol. The molecule has 154 valence electrons. The summed E-state index contributed by atoms with van der Waals surface area (Å²) in [5, 5.41) is 2.77. The van der Waals surface area contributed by atoms with E-state index in [9.17, 15) is 9.59 Å². The summed E-state index contributed by atoms with van der Waals surface area (Å²) in [7, 11) is 1.31. The molecule has 1 saturated heterocycles. The first-order valence-corrected chi connectivity index (χ1v) is 9.86. The van der Waals surface area contributed by atoms with Gasteiger partial charge >= 0.3 is 5.97 Å². The normalized spacial score (nSPS) is 20.7. The van der Waals surface area contributed by atoms with Gasteiger partial charge in [-0.05, 0) is 37.1 Å². The van der Waals surface area contributed by atoms with Crippen LogP contribution in [0, 0.1) is 0 Å². The van der Waals surface area contributed by atoms with Crippen LogP contribution in [0.2, 0.25) is 0 Å². The van der Waals surface area contributed by atoms with Crippen LogP contribution in [0.15, 0.2) is 54.6 Å². The first kappa shape index (κ1) is 21.0. The Morgan fingerprint density at radius 1 is 1.07 bits per heavy atom. The summed E-state index contributed by atoms with van der Waals surface area (Å²) in [6.45, 7) is 6.77. The van der Waals surface area contributed by atoms with E-state index in [1.807, 2.05) is 30.3 Å². The van der Waals surface area contributed by atoms with Crippen molar-refractivity contribution in [3.05, 3.63) is 71.3 Å². The van der Waals surface area contributed by atoms with Crippen LogP contribution in [0.5, 0.6) is 0 Å². The van der Waals surface area contributed by atoms with Crippen molar-refractivity contribution in [1.29, 1.82) is 0 Å². The Hall–Kier alpha value is -2.70. The van der Waals surface area contributed by atoms with Crippen molar-refractivity contribution in [3.8, 4) is 0 Å². The minimum Gasteiger partial charge on any atom is -0.467 e. The smallest absolute Gasteiger partial charge is 0.333 e. The van der Waals surface area contributed by atoms with E-state index in [1.54, 1.807) is 24.3 Å². The van der Waals surface area contributed by atoms with Crippen molar-refractivity contribution >= 4 is 11.9 Å². The van der Waals surface area contributed by atoms with Gasteiger partial charge in [-0.1, -0.05) is 42.5 Å². The highest BCUT2D eigenvalue weighted by Crippen LogP contribution is 2.17. The molecule has 2 aromatic rings. The monoisotopic (exact) mass is 396 g/mol. The van der Waals surface area contributed by atoms with E-state index in [4.69, 9.17) is 9.47 Å². The Morgan fingerprint density at radius 2 is 1.69 bits per heavy atom. The van der Waals surface area contributed by atoms with Gasteiger partial charge in [-0.15, -0.1) is 0 Å². The second kappa shape index (κ2) is 9.67. The number of carbonyl (C=O) groups excluding carboxylic acids is 2. The highest BCUT2D eigenvalue weighted by Gasteiger charge is 2.24. The molecule has 0 saturated carbocycles. The quantitative estimate of drug-likeness (QED) is 0.761. The van der Waals surface area contributed by atoms with Crippen LogP contribution in [-0.2, 0) is 20.8 Å². The largest absolute Gasteiger partial charge is 0.467 e. The molecular formula is C23H28N2O4. The summed E-state index contributed by atoms with van der Waals surface area (Å²) in [5.41, 5.74) is 2.32. The highest BCUT2D eigenvalue weighted by molar-refractivity contribution is 5.97. The number of morpholine rings is 1. The van der Waals surface area contributed by atoms with Crippen molar-refractivity contribution in [3.63, 3.8) is 0 Å². The molecule has 0 spiro atoms. The summed E-state index contributed by atoms with van der Waals surface area (Å²) in [6, 6.07) is 15.7. The summed E-state index contributed by atoms with van der Waals surface area (Å²) in [4.78, 5) is 27.2. The van der Waals surface area contributed by atoms with Gasteiger partial charge in [0.25, 0.3) is 5.91 Å². The van der Waals surface area contributed by atoms with E-state index in [1.165, 1.54) is 7.11 Å². The molecule has 6 nitrogen and oxygen atoms in total. The predicted molar refractivity (Wildman–Crippen MR) is 110 cm³/mol. The Kier molecular flexibility index (Phi) is 7.01. The molecule has 2 aromatic carbocycles. The number of hydrogen-bond acceptors (Lipinski definition) is 5. The van der Waals surface area contributed by atoms with Crippen molar-refractivity contribution in [1.82, 2.24) is 10.2 Å². The molecule has 1 heterocycles. The molecule has 0 bridgehead atoms. The maximum atomic E-state index is 12.7. The number of methoxy groups -OCH3 is 1. The maximum absolute atomic E-state index is 12.7. The molecule has 6 heteroatoms. The molecule has 1 fully saturated rings. The molecule has 1 amide bonds. The van der Waals surface area contributed by atoms with E-state index in [-0.39, 0.29) is 18.1 Å². The van der Waals surface area contributed by atoms with E-state index in [2.05, 4.69) is 24.1 Å². The molecule has 0 aromatic heterocycles. The van der Waals surface area contributed by atoms with Crippen LogP contribution in [-0.4, -0.2) is 49.2 Å². The number of ether oxygens (including phenoxy) is 2. The number of esters is 1. The number of rotatable bonds is 6. The van der Waals surface area contributed by atoms with E-state index in [0.29, 0.717) is 11.1 Å². The first-order valence-electron chi connectivity index (χ1n) is 9.86. The Bertz CT molecular complexity index is 813. The van der Waals surface area contributed by atoms with Crippen molar-refractivity contribution in [2.24, 2.45) is 0 Å². The zero-order valence-corrected chi connectivity index (χ0v) is 17.1. The topological polar surface area (TPSA) is 67.9 Å². The maximum Gasteiger partial charge on any atom is 0.333 e. The van der Waals surface area contributed by atoms with E-state index in [0.717, 1.165) is 25.2 Å². The number of benzene rings is 2. The molecule has 1 aliphatic heterocycles. The minimum absolute atomic E-state index is 0.219. The van der Waals surface area contributed by atoms with Crippen LogP contribution in [0.25, 0.3) is 0 Å². The number of nitrogens with zero attached hydrogens (tertiary/aromatic N) is 1. The lowest BCUT2D eigenvalue weighted by atomic mass is 10.1. The van der Waals surface area contributed by atoms with Gasteiger partial charge in [-0.2, -0.15) is 0 Å². The van der Waals surface area contributed by atoms with Gasteiger partial charge in [0.15, 0.2) is 6.04 Å². The van der Waals surface area contributed by atoms with E-state index >= 15 is 0 Å². The van der Waals surface area contributed by atoms with Crippen LogP contribution >= 0.6 is 0 Å². The number of hydrogen-bond donors (Lipinski definition) is 1. The van der Waals surface area contributed by atoms with Crippen LogP contribution in [0.1, 0.15) is 41.4 Å². The molecule has 3 atom stereocenters. The first-order chi connectivity index (χ1) is 14.0. The SMILES string of the molecule is COC(=O)C(NC(=O)c1ccc(CN2CC(C)OC(C)C2)cc1)c1ccccc1. The molecule has 29 heavy (non-hydrogen) atoms. The van der Waals surface area contributed by atoms with Gasteiger partial charge in [-0.25, -0.2) is 4.79 Å². The lowest BCUT2D eigenvalue weighted by Crippen LogP contribution is -2.44. The fraction of sp³-hybridized carbons (Fsp3) is 0.391. The van der Waals surface area contributed by atoms with Crippen LogP contribution in [0.3, 0.4) is 0 Å². The zero-order valence-electron chi connectivity index (χ0n) is 17.1. The predicted octanol–water partition coefficient (Wildman–Crippen LogP) is 2.94. The van der Waals surface area contributed by atoms with Gasteiger partial charge < -0.3 is 14.8 Å². The third-order valence-corrected chi connectivity index (χ3v) is 4.96. The standard InChI is InChI=1S/C23H28N2O4/c1-16-13-25(14-17(2)29-16)15-18-9-11-20(12-10-18)22(26)24-21(23(27)28-3)19-7-5-4-6-8-19/h4-12,16-17,21H,13-15H2,1-3H3,(H,24,26). The molecule has 0 aliphatic carbocycles. The molecular weight excluding hydrogens is 368 g/mol. The molecule has 3 rings (SSSR count). The summed E-state index contributed by atoms with van der Waals surface area (Å²) in [5.74, 6) is -0.818. The molecule has 0 radical (unpaired) electrons. The zero-order chi connectivity index (χ0) is 20.8. The third-order valence-electron chi connectivity index (χ3n) is 4.96. The second-order valence-electron chi connectivity index (χ2n) is 7.49. The second-order valence-corrected chi connectivity index (χ2v) is 7.49. The van der Waals surface area contributed by atoms with Crippen molar-refractivity contribution in [2.45, 2.75) is 38.6 Å². The van der Waals surface area contributed by atoms with Gasteiger partial charge in [0.1, 0.15) is 0 Å². The molecule has 1 aliphatic rings.